The van der Waals surface area contributed by atoms with E-state index >= 15 is 0 Å². The molecule has 5 rings (SSSR count). The van der Waals surface area contributed by atoms with Crippen LogP contribution in [0.4, 0.5) is 0 Å². The van der Waals surface area contributed by atoms with Gasteiger partial charge in [0.25, 0.3) is 5.91 Å². The molecule has 2 aliphatic rings. The summed E-state index contributed by atoms with van der Waals surface area (Å²) in [7, 11) is 3.55. The van der Waals surface area contributed by atoms with Crippen molar-refractivity contribution in [3.05, 3.63) is 89.7 Å². The zero-order valence-electron chi connectivity index (χ0n) is 21.3. The molecule has 6 nitrogen and oxygen atoms in total. The third kappa shape index (κ3) is 5.07. The lowest BCUT2D eigenvalue weighted by Crippen LogP contribution is -2.67. The van der Waals surface area contributed by atoms with Gasteiger partial charge in [-0.15, -0.1) is 0 Å². The van der Waals surface area contributed by atoms with E-state index in [1.54, 1.807) is 19.0 Å². The van der Waals surface area contributed by atoms with E-state index in [4.69, 9.17) is 0 Å². The summed E-state index contributed by atoms with van der Waals surface area (Å²) in [6, 6.07) is 21.3. The molecule has 0 unspecified atom stereocenters. The lowest BCUT2D eigenvalue weighted by atomic mass is 9.74. The van der Waals surface area contributed by atoms with E-state index < -0.39 is 0 Å². The highest BCUT2D eigenvalue weighted by Crippen LogP contribution is 2.42. The highest BCUT2D eigenvalue weighted by atomic mass is 16.3. The Morgan fingerprint density at radius 2 is 1.83 bits per heavy atom. The summed E-state index contributed by atoms with van der Waals surface area (Å²) < 4.78 is 0. The van der Waals surface area contributed by atoms with Crippen LogP contribution in [0.15, 0.2) is 73.1 Å². The molecule has 1 aromatic heterocycles. The summed E-state index contributed by atoms with van der Waals surface area (Å²) in [5, 5.41) is 10.3. The summed E-state index contributed by atoms with van der Waals surface area (Å²) in [6.45, 7) is 4.23. The van der Waals surface area contributed by atoms with Gasteiger partial charge in [0, 0.05) is 63.1 Å². The van der Waals surface area contributed by atoms with E-state index in [0.29, 0.717) is 17.5 Å². The molecule has 1 N–H and O–H groups in total. The summed E-state index contributed by atoms with van der Waals surface area (Å²) in [5.41, 5.74) is 5.36. The van der Waals surface area contributed by atoms with Crippen molar-refractivity contribution in [1.29, 1.82) is 0 Å². The quantitative estimate of drug-likeness (QED) is 0.576. The lowest BCUT2D eigenvalue weighted by molar-refractivity contribution is -0.0655. The maximum absolute atomic E-state index is 12.4. The Kier molecular flexibility index (Phi) is 7.46. The van der Waals surface area contributed by atoms with Crippen LogP contribution in [0.1, 0.15) is 40.2 Å². The predicted molar refractivity (Wildman–Crippen MR) is 143 cm³/mol. The van der Waals surface area contributed by atoms with Crippen LogP contribution in [0.5, 0.6) is 0 Å². The first-order valence-electron chi connectivity index (χ1n) is 12.9. The lowest BCUT2D eigenvalue weighted by Gasteiger charge is -2.57. The Labute approximate surface area is 214 Å². The topological polar surface area (TPSA) is 59.9 Å². The number of amides is 1. The smallest absolute Gasteiger partial charge is 0.253 e. The van der Waals surface area contributed by atoms with Gasteiger partial charge < -0.3 is 10.0 Å². The number of fused-ring (bicyclic) bond motifs is 1. The van der Waals surface area contributed by atoms with Gasteiger partial charge in [-0.3, -0.25) is 19.6 Å². The fraction of sp³-hybridized carbons (Fsp3) is 0.400. The van der Waals surface area contributed by atoms with Crippen LogP contribution < -0.4 is 0 Å². The van der Waals surface area contributed by atoms with Gasteiger partial charge in [0.1, 0.15) is 0 Å². The normalized spacial score (nSPS) is 22.7. The van der Waals surface area contributed by atoms with Gasteiger partial charge in [0.15, 0.2) is 0 Å². The van der Waals surface area contributed by atoms with E-state index in [9.17, 15) is 9.90 Å². The van der Waals surface area contributed by atoms with Crippen LogP contribution in [-0.4, -0.2) is 83.1 Å². The first-order valence-corrected chi connectivity index (χ1v) is 12.9. The number of hydrogen-bond acceptors (Lipinski definition) is 5. The summed E-state index contributed by atoms with van der Waals surface area (Å²) in [5.74, 6) is 0.314. The van der Waals surface area contributed by atoms with Crippen molar-refractivity contribution in [3.8, 4) is 11.1 Å². The molecule has 3 atom stereocenters. The summed E-state index contributed by atoms with van der Waals surface area (Å²) >= 11 is 0. The average molecular weight is 485 g/mol. The number of pyridine rings is 1. The number of aliphatic hydroxyl groups is 1. The molecule has 0 bridgehead atoms. The number of hydrogen-bond donors (Lipinski definition) is 1. The molecule has 0 aliphatic carbocycles. The van der Waals surface area contributed by atoms with E-state index in [1.807, 2.05) is 42.7 Å². The Balaban J connectivity index is 1.35. The van der Waals surface area contributed by atoms with Crippen molar-refractivity contribution in [3.63, 3.8) is 0 Å². The van der Waals surface area contributed by atoms with Gasteiger partial charge in [0.05, 0.1) is 6.61 Å². The maximum Gasteiger partial charge on any atom is 0.253 e. The Morgan fingerprint density at radius 1 is 1.03 bits per heavy atom. The van der Waals surface area contributed by atoms with Crippen molar-refractivity contribution in [2.24, 2.45) is 0 Å². The minimum absolute atomic E-state index is 0.00828. The van der Waals surface area contributed by atoms with E-state index in [1.165, 1.54) is 17.5 Å². The molecule has 0 spiro atoms. The number of aromatic nitrogens is 1. The molecule has 3 heterocycles. The van der Waals surface area contributed by atoms with Crippen LogP contribution in [0.2, 0.25) is 0 Å². The number of rotatable bonds is 6. The Bertz CT molecular complexity index is 1170. The van der Waals surface area contributed by atoms with E-state index in [2.05, 4.69) is 45.1 Å². The van der Waals surface area contributed by atoms with Gasteiger partial charge in [-0.25, -0.2) is 0 Å². The Hall–Kier alpha value is -3.06. The van der Waals surface area contributed by atoms with Crippen LogP contribution in [0.25, 0.3) is 11.1 Å². The van der Waals surface area contributed by atoms with Gasteiger partial charge in [-0.1, -0.05) is 42.5 Å². The molecule has 2 aliphatic heterocycles. The zero-order chi connectivity index (χ0) is 25.1. The monoisotopic (exact) mass is 484 g/mol. The third-order valence-electron chi connectivity index (χ3n) is 7.73. The highest BCUT2D eigenvalue weighted by Gasteiger charge is 2.49. The molecular formula is C30H36N4O2. The summed E-state index contributed by atoms with van der Waals surface area (Å²) in [4.78, 5) is 23.4. The van der Waals surface area contributed by atoms with Crippen LogP contribution in [0.3, 0.4) is 0 Å². The third-order valence-corrected chi connectivity index (χ3v) is 7.73. The molecule has 2 saturated heterocycles. The van der Waals surface area contributed by atoms with Crippen molar-refractivity contribution < 1.29 is 9.90 Å². The van der Waals surface area contributed by atoms with Crippen molar-refractivity contribution >= 4 is 5.91 Å². The number of carbonyl (C=O) groups excluding carboxylic acids is 1. The van der Waals surface area contributed by atoms with Crippen LogP contribution >= 0.6 is 0 Å². The van der Waals surface area contributed by atoms with Crippen molar-refractivity contribution in [2.75, 3.05) is 40.3 Å². The minimum Gasteiger partial charge on any atom is -0.395 e. The molecule has 2 fully saturated rings. The second-order valence-electron chi connectivity index (χ2n) is 10.3. The van der Waals surface area contributed by atoms with Gasteiger partial charge in [0.2, 0.25) is 0 Å². The molecule has 3 aromatic rings. The van der Waals surface area contributed by atoms with Crippen LogP contribution in [0, 0.1) is 0 Å². The fourth-order valence-electron chi connectivity index (χ4n) is 5.89. The molecule has 2 aromatic carbocycles. The highest BCUT2D eigenvalue weighted by molar-refractivity contribution is 5.95. The van der Waals surface area contributed by atoms with Gasteiger partial charge >= 0.3 is 0 Å². The number of carbonyl (C=O) groups is 1. The van der Waals surface area contributed by atoms with Crippen molar-refractivity contribution in [2.45, 2.75) is 37.4 Å². The Morgan fingerprint density at radius 3 is 2.56 bits per heavy atom. The number of aliphatic hydroxyl groups excluding tert-OH is 1. The number of benzene rings is 2. The van der Waals surface area contributed by atoms with Crippen molar-refractivity contribution in [1.82, 2.24) is 19.7 Å². The zero-order valence-corrected chi connectivity index (χ0v) is 21.3. The SMILES string of the molecule is CN(C)C(=O)c1cccc(-c2ccc([C@@H]3[C@H](CO)N4CCCCN(Cc5cccnc5)C[C@@H]34)cc2)c1. The van der Waals surface area contributed by atoms with E-state index in [-0.39, 0.29) is 18.6 Å². The molecular weight excluding hydrogens is 448 g/mol. The maximum atomic E-state index is 12.4. The van der Waals surface area contributed by atoms with E-state index in [0.717, 1.165) is 43.7 Å². The second-order valence-corrected chi connectivity index (χ2v) is 10.3. The first-order chi connectivity index (χ1) is 17.5. The molecule has 1 amide bonds. The second kappa shape index (κ2) is 10.9. The van der Waals surface area contributed by atoms with Gasteiger partial charge in [-0.2, -0.15) is 0 Å². The molecule has 0 saturated carbocycles. The predicted octanol–water partition coefficient (Wildman–Crippen LogP) is 3.88. The molecule has 188 valence electrons. The first kappa shape index (κ1) is 24.6. The molecule has 36 heavy (non-hydrogen) atoms. The standard InChI is InChI=1S/C30H36N4O2/c1-32(2)30(36)26-9-5-8-25(17-26)23-10-12-24(13-11-23)29-27-20-33(19-22-7-6-14-31-18-22)15-3-4-16-34(27)28(29)21-35/h5-14,17-18,27-29,35H,3-4,15-16,19-21H2,1-2H3/t27-,28-,29-/m0/s1. The molecule has 6 heteroatoms. The minimum atomic E-state index is 0.00828. The fourth-order valence-corrected chi connectivity index (χ4v) is 5.89. The van der Waals surface area contributed by atoms with Gasteiger partial charge in [-0.05, 0) is 66.4 Å². The van der Waals surface area contributed by atoms with Crippen LogP contribution in [-0.2, 0) is 6.54 Å². The molecule has 0 radical (unpaired) electrons. The average Bonchev–Trinajstić information content (AvgIpc) is 2.89. The summed E-state index contributed by atoms with van der Waals surface area (Å²) in [6.07, 6.45) is 6.12. The number of nitrogens with zero attached hydrogens (tertiary/aromatic N) is 4. The largest absolute Gasteiger partial charge is 0.395 e.